The third-order valence-electron chi connectivity index (χ3n) is 5.57. The first-order valence-electron chi connectivity index (χ1n) is 10.7. The van der Waals surface area contributed by atoms with Crippen molar-refractivity contribution in [1.82, 2.24) is 4.98 Å². The molecule has 31 heavy (non-hydrogen) atoms. The number of nitrogens with zero attached hydrogens (tertiary/aromatic N) is 2. The average Bonchev–Trinajstić information content (AvgIpc) is 2.76. The van der Waals surface area contributed by atoms with Crippen LogP contribution in [0.25, 0.3) is 10.9 Å². The molecule has 1 amide bonds. The highest BCUT2D eigenvalue weighted by Crippen LogP contribution is 2.30. The summed E-state index contributed by atoms with van der Waals surface area (Å²) in [4.78, 5) is 19.7. The minimum atomic E-state index is -0.236. The van der Waals surface area contributed by atoms with Gasteiger partial charge in [0.2, 0.25) is 0 Å². The Morgan fingerprint density at radius 1 is 1.10 bits per heavy atom. The number of amides is 1. The molecule has 2 atom stereocenters. The van der Waals surface area contributed by atoms with E-state index in [2.05, 4.69) is 36.2 Å². The Bertz CT molecular complexity index is 1060. The molecular weight excluding hydrogens is 390 g/mol. The molecule has 6 heteroatoms. The van der Waals surface area contributed by atoms with Crippen molar-refractivity contribution in [3.8, 4) is 11.5 Å². The Labute approximate surface area is 183 Å². The van der Waals surface area contributed by atoms with Crippen molar-refractivity contribution in [3.05, 3.63) is 54.6 Å². The molecule has 3 aromatic rings. The number of aromatic nitrogens is 1. The van der Waals surface area contributed by atoms with Gasteiger partial charge < -0.3 is 19.7 Å². The first-order chi connectivity index (χ1) is 15.0. The zero-order chi connectivity index (χ0) is 21.8. The van der Waals surface area contributed by atoms with Crippen molar-refractivity contribution in [2.24, 2.45) is 11.8 Å². The molecule has 162 valence electrons. The molecule has 2 unspecified atom stereocenters. The number of carbonyl (C=O) groups excluding carboxylic acids is 1. The first kappa shape index (κ1) is 21.0. The normalized spacial score (nSPS) is 18.6. The highest BCUT2D eigenvalue weighted by molar-refractivity contribution is 5.92. The van der Waals surface area contributed by atoms with Crippen molar-refractivity contribution in [1.29, 1.82) is 0 Å². The van der Waals surface area contributed by atoms with Crippen molar-refractivity contribution in [3.63, 3.8) is 0 Å². The number of hydrogen-bond donors (Lipinski definition) is 1. The Balaban J connectivity index is 1.48. The van der Waals surface area contributed by atoms with E-state index in [9.17, 15) is 4.79 Å². The van der Waals surface area contributed by atoms with Crippen molar-refractivity contribution in [2.45, 2.75) is 20.3 Å². The lowest BCUT2D eigenvalue weighted by Crippen LogP contribution is -2.39. The summed E-state index contributed by atoms with van der Waals surface area (Å²) in [7, 11) is 1.59. The Hall–Kier alpha value is -3.28. The van der Waals surface area contributed by atoms with Gasteiger partial charge in [-0.05, 0) is 48.6 Å². The number of benzene rings is 2. The highest BCUT2D eigenvalue weighted by Gasteiger charge is 2.23. The molecule has 1 aliphatic rings. The van der Waals surface area contributed by atoms with Crippen LogP contribution >= 0.6 is 0 Å². The van der Waals surface area contributed by atoms with Crippen LogP contribution < -0.4 is 19.7 Å². The molecule has 2 heterocycles. The van der Waals surface area contributed by atoms with Crippen molar-refractivity contribution >= 4 is 28.3 Å². The fraction of sp³-hybridized carbons (Fsp3) is 0.360. The topological polar surface area (TPSA) is 63.7 Å². The van der Waals surface area contributed by atoms with Crippen LogP contribution in [0.2, 0.25) is 0 Å². The molecule has 2 aromatic carbocycles. The maximum Gasteiger partial charge on any atom is 0.262 e. The van der Waals surface area contributed by atoms with E-state index in [1.165, 1.54) is 6.42 Å². The van der Waals surface area contributed by atoms with E-state index in [0.717, 1.165) is 29.8 Å². The van der Waals surface area contributed by atoms with E-state index >= 15 is 0 Å². The van der Waals surface area contributed by atoms with Crippen LogP contribution in [0.4, 0.5) is 11.5 Å². The molecule has 1 aliphatic heterocycles. The Kier molecular flexibility index (Phi) is 6.26. The third kappa shape index (κ3) is 5.08. The van der Waals surface area contributed by atoms with Crippen LogP contribution in [0.3, 0.4) is 0 Å². The molecule has 1 aromatic heterocycles. The molecule has 0 saturated carbocycles. The van der Waals surface area contributed by atoms with Crippen LogP contribution in [0, 0.1) is 11.8 Å². The monoisotopic (exact) mass is 419 g/mol. The number of fused-ring (bicyclic) bond motifs is 1. The SMILES string of the molecule is COc1cccc(NC(=O)COc2cccc3ccc(N4CC(C)CC(C)C4)nc23)c1. The van der Waals surface area contributed by atoms with E-state index in [-0.39, 0.29) is 12.5 Å². The number of hydrogen-bond acceptors (Lipinski definition) is 5. The molecular formula is C25H29N3O3. The van der Waals surface area contributed by atoms with Gasteiger partial charge >= 0.3 is 0 Å². The standard InChI is InChI=1S/C25H29N3O3/c1-17-12-18(2)15-28(14-17)23-11-10-19-6-4-9-22(25(19)27-23)31-16-24(29)26-20-7-5-8-21(13-20)30-3/h4-11,13,17-18H,12,14-16H2,1-3H3,(H,26,29). The third-order valence-corrected chi connectivity index (χ3v) is 5.57. The number of carbonyl (C=O) groups is 1. The second kappa shape index (κ2) is 9.25. The smallest absolute Gasteiger partial charge is 0.262 e. The Morgan fingerprint density at radius 2 is 1.87 bits per heavy atom. The zero-order valence-corrected chi connectivity index (χ0v) is 18.3. The summed E-state index contributed by atoms with van der Waals surface area (Å²) >= 11 is 0. The summed E-state index contributed by atoms with van der Waals surface area (Å²) in [6, 6.07) is 17.2. The van der Waals surface area contributed by atoms with Gasteiger partial charge in [0.25, 0.3) is 5.91 Å². The predicted molar refractivity (Wildman–Crippen MR) is 124 cm³/mol. The molecule has 0 radical (unpaired) electrons. The van der Waals surface area contributed by atoms with Gasteiger partial charge in [-0.3, -0.25) is 4.79 Å². The summed E-state index contributed by atoms with van der Waals surface area (Å²) in [5.41, 5.74) is 1.44. The lowest BCUT2D eigenvalue weighted by Gasteiger charge is -2.35. The predicted octanol–water partition coefficient (Wildman–Crippen LogP) is 4.74. The number of nitrogens with one attached hydrogen (secondary N) is 1. The number of para-hydroxylation sites is 1. The van der Waals surface area contributed by atoms with Gasteiger partial charge in [0.1, 0.15) is 22.8 Å². The van der Waals surface area contributed by atoms with Crippen LogP contribution in [-0.4, -0.2) is 37.7 Å². The largest absolute Gasteiger partial charge is 0.497 e. The Morgan fingerprint density at radius 3 is 2.65 bits per heavy atom. The molecule has 1 N–H and O–H groups in total. The van der Waals surface area contributed by atoms with E-state index < -0.39 is 0 Å². The van der Waals surface area contributed by atoms with Gasteiger partial charge in [-0.2, -0.15) is 0 Å². The maximum atomic E-state index is 12.4. The van der Waals surface area contributed by atoms with Gasteiger partial charge in [-0.25, -0.2) is 4.98 Å². The number of piperidine rings is 1. The van der Waals surface area contributed by atoms with Crippen molar-refractivity contribution in [2.75, 3.05) is 37.0 Å². The van der Waals surface area contributed by atoms with Gasteiger partial charge in [-0.15, -0.1) is 0 Å². The van der Waals surface area contributed by atoms with E-state index in [1.54, 1.807) is 13.2 Å². The summed E-state index contributed by atoms with van der Waals surface area (Å²) < 4.78 is 11.1. The summed E-state index contributed by atoms with van der Waals surface area (Å²) in [6.45, 7) is 6.50. The highest BCUT2D eigenvalue weighted by atomic mass is 16.5. The molecule has 0 aliphatic carbocycles. The number of anilines is 2. The summed E-state index contributed by atoms with van der Waals surface area (Å²) in [6.07, 6.45) is 1.25. The summed E-state index contributed by atoms with van der Waals surface area (Å²) in [5, 5.41) is 3.83. The number of rotatable bonds is 6. The fourth-order valence-corrected chi connectivity index (χ4v) is 4.29. The summed E-state index contributed by atoms with van der Waals surface area (Å²) in [5.74, 6) is 3.31. The number of methoxy groups -OCH3 is 1. The van der Waals surface area contributed by atoms with Crippen LogP contribution in [0.5, 0.6) is 11.5 Å². The lowest BCUT2D eigenvalue weighted by atomic mass is 9.92. The fourth-order valence-electron chi connectivity index (χ4n) is 4.29. The lowest BCUT2D eigenvalue weighted by molar-refractivity contribution is -0.118. The van der Waals surface area contributed by atoms with Crippen molar-refractivity contribution < 1.29 is 14.3 Å². The van der Waals surface area contributed by atoms with Crippen LogP contribution in [0.15, 0.2) is 54.6 Å². The zero-order valence-electron chi connectivity index (χ0n) is 18.3. The van der Waals surface area contributed by atoms with Gasteiger partial charge in [-0.1, -0.05) is 32.0 Å². The molecule has 0 bridgehead atoms. The van der Waals surface area contributed by atoms with Gasteiger partial charge in [0.15, 0.2) is 6.61 Å². The van der Waals surface area contributed by atoms with E-state index in [1.807, 2.05) is 36.4 Å². The first-order valence-corrected chi connectivity index (χ1v) is 10.7. The molecule has 1 fully saturated rings. The average molecular weight is 420 g/mol. The van der Waals surface area contributed by atoms with Gasteiger partial charge in [0, 0.05) is 30.2 Å². The number of pyridine rings is 1. The quantitative estimate of drug-likeness (QED) is 0.625. The molecule has 1 saturated heterocycles. The van der Waals surface area contributed by atoms with Gasteiger partial charge in [0.05, 0.1) is 7.11 Å². The molecule has 4 rings (SSSR count). The second-order valence-corrected chi connectivity index (χ2v) is 8.42. The molecule has 6 nitrogen and oxygen atoms in total. The van der Waals surface area contributed by atoms with Crippen LogP contribution in [-0.2, 0) is 4.79 Å². The number of ether oxygens (including phenoxy) is 2. The minimum absolute atomic E-state index is 0.0972. The minimum Gasteiger partial charge on any atom is -0.497 e. The van der Waals surface area contributed by atoms with Crippen LogP contribution in [0.1, 0.15) is 20.3 Å². The second-order valence-electron chi connectivity index (χ2n) is 8.42. The molecule has 0 spiro atoms. The van der Waals surface area contributed by atoms with E-state index in [4.69, 9.17) is 14.5 Å². The maximum absolute atomic E-state index is 12.4. The van der Waals surface area contributed by atoms with E-state index in [0.29, 0.717) is 29.0 Å².